The molecule has 3 N–H and O–H groups in total. The van der Waals surface area contributed by atoms with E-state index in [1.807, 2.05) is 0 Å². The molecular weight excluding hydrogens is 379 g/mol. The summed E-state index contributed by atoms with van der Waals surface area (Å²) in [6.07, 6.45) is 0.0446. The van der Waals surface area contributed by atoms with Crippen LogP contribution in [0.1, 0.15) is 12.2 Å². The lowest BCUT2D eigenvalue weighted by atomic mass is 10.0. The molecule has 2 heterocycles. The first kappa shape index (κ1) is 18.7. The molecule has 1 fully saturated rings. The van der Waals surface area contributed by atoms with Gasteiger partial charge in [-0.05, 0) is 47.7 Å². The highest BCUT2D eigenvalue weighted by atomic mass is 19.1. The van der Waals surface area contributed by atoms with Crippen LogP contribution in [-0.4, -0.2) is 49.1 Å². The molecule has 8 nitrogen and oxygen atoms in total. The molecule has 0 unspecified atom stereocenters. The number of hydrogen-bond acceptors (Lipinski definition) is 4. The minimum atomic E-state index is -0.972. The van der Waals surface area contributed by atoms with Gasteiger partial charge in [-0.3, -0.25) is 0 Å². The predicted octanol–water partition coefficient (Wildman–Crippen LogP) is 2.61. The van der Waals surface area contributed by atoms with Gasteiger partial charge in [-0.25, -0.2) is 23.6 Å². The fraction of sp³-hybridized carbons (Fsp3) is 0.250. The third kappa shape index (κ3) is 3.71. The molecule has 1 aromatic heterocycles. The number of hydrogen-bond donors (Lipinski definition) is 3. The predicted molar refractivity (Wildman–Crippen MR) is 103 cm³/mol. The van der Waals surface area contributed by atoms with Crippen LogP contribution in [0.25, 0.3) is 16.8 Å². The van der Waals surface area contributed by atoms with Crippen molar-refractivity contribution in [1.82, 2.24) is 19.7 Å². The number of halogens is 1. The summed E-state index contributed by atoms with van der Waals surface area (Å²) in [5, 5.41) is 25.1. The molecule has 9 heteroatoms. The van der Waals surface area contributed by atoms with Gasteiger partial charge in [0.1, 0.15) is 17.4 Å². The Labute approximate surface area is 164 Å². The van der Waals surface area contributed by atoms with Crippen molar-refractivity contribution in [3.63, 3.8) is 0 Å². The van der Waals surface area contributed by atoms with Crippen LogP contribution in [0.4, 0.5) is 9.18 Å². The molecule has 150 valence electrons. The Morgan fingerprint density at radius 3 is 2.72 bits per heavy atom. The number of rotatable bonds is 4. The monoisotopic (exact) mass is 398 g/mol. The first-order valence-electron chi connectivity index (χ1n) is 9.16. The van der Waals surface area contributed by atoms with Gasteiger partial charge in [-0.2, -0.15) is 5.10 Å². The van der Waals surface area contributed by atoms with Crippen LogP contribution in [0.15, 0.2) is 47.3 Å². The molecule has 3 aromatic rings. The second kappa shape index (κ2) is 7.42. The van der Waals surface area contributed by atoms with Gasteiger partial charge in [0, 0.05) is 19.5 Å². The molecular formula is C20H19FN4O4. The summed E-state index contributed by atoms with van der Waals surface area (Å²) in [7, 11) is 0. The van der Waals surface area contributed by atoms with E-state index >= 15 is 0 Å². The van der Waals surface area contributed by atoms with Crippen LogP contribution in [-0.2, 0) is 6.42 Å². The minimum absolute atomic E-state index is 0.00896. The lowest BCUT2D eigenvalue weighted by Crippen LogP contribution is -2.27. The first-order valence-corrected chi connectivity index (χ1v) is 9.16. The van der Waals surface area contributed by atoms with Crippen LogP contribution in [0, 0.1) is 11.7 Å². The third-order valence-corrected chi connectivity index (χ3v) is 5.14. The smallest absolute Gasteiger partial charge is 0.407 e. The van der Waals surface area contributed by atoms with Gasteiger partial charge in [0.2, 0.25) is 0 Å². The Hall–Kier alpha value is -3.62. The highest BCUT2D eigenvalue weighted by molar-refractivity contribution is 5.66. The molecule has 0 bridgehead atoms. The number of amides is 1. The minimum Gasteiger partial charge on any atom is -0.508 e. The van der Waals surface area contributed by atoms with Gasteiger partial charge in [-0.1, -0.05) is 18.2 Å². The molecule has 4 rings (SSSR count). The molecule has 2 aromatic carbocycles. The number of phenols is 1. The molecule has 1 aliphatic heterocycles. The summed E-state index contributed by atoms with van der Waals surface area (Å²) in [5.41, 5.74) is 0.718. The maximum atomic E-state index is 14.9. The number of likely N-dealkylation sites (tertiary alicyclic amines) is 1. The van der Waals surface area contributed by atoms with Gasteiger partial charge in [-0.15, -0.1) is 0 Å². The molecule has 1 saturated heterocycles. The van der Waals surface area contributed by atoms with E-state index < -0.39 is 17.6 Å². The average molecular weight is 398 g/mol. The van der Waals surface area contributed by atoms with E-state index in [2.05, 4.69) is 10.2 Å². The van der Waals surface area contributed by atoms with Crippen molar-refractivity contribution < 1.29 is 19.4 Å². The quantitative estimate of drug-likeness (QED) is 0.626. The fourth-order valence-corrected chi connectivity index (χ4v) is 3.70. The summed E-state index contributed by atoms with van der Waals surface area (Å²) in [6, 6.07) is 10.9. The van der Waals surface area contributed by atoms with Crippen molar-refractivity contribution in [3.05, 3.63) is 64.6 Å². The van der Waals surface area contributed by atoms with Gasteiger partial charge < -0.3 is 15.1 Å². The highest BCUT2D eigenvalue weighted by Gasteiger charge is 2.28. The molecule has 1 aliphatic rings. The van der Waals surface area contributed by atoms with Gasteiger partial charge in [0.05, 0.1) is 5.69 Å². The van der Waals surface area contributed by atoms with Crippen molar-refractivity contribution in [2.45, 2.75) is 12.8 Å². The Balaban J connectivity index is 1.63. The Morgan fingerprint density at radius 2 is 2.03 bits per heavy atom. The van der Waals surface area contributed by atoms with E-state index in [0.29, 0.717) is 42.9 Å². The normalized spacial score (nSPS) is 16.3. The summed E-state index contributed by atoms with van der Waals surface area (Å²) in [5.74, 6) is -0.160. The van der Waals surface area contributed by atoms with E-state index in [0.717, 1.165) is 0 Å². The molecule has 29 heavy (non-hydrogen) atoms. The summed E-state index contributed by atoms with van der Waals surface area (Å²) >= 11 is 0. The Morgan fingerprint density at radius 1 is 1.24 bits per heavy atom. The number of aromatic hydroxyl groups is 1. The first-order chi connectivity index (χ1) is 13.9. The largest absolute Gasteiger partial charge is 0.508 e. The number of nitrogens with zero attached hydrogens (tertiary/aromatic N) is 3. The second-order valence-corrected chi connectivity index (χ2v) is 7.08. The molecule has 1 atom stereocenters. The molecule has 0 spiro atoms. The van der Waals surface area contributed by atoms with Crippen LogP contribution in [0.5, 0.6) is 5.75 Å². The molecule has 1 amide bonds. The molecule has 0 aliphatic carbocycles. The second-order valence-electron chi connectivity index (χ2n) is 7.08. The van der Waals surface area contributed by atoms with Gasteiger partial charge >= 0.3 is 11.8 Å². The van der Waals surface area contributed by atoms with E-state index in [1.165, 1.54) is 33.7 Å². The Bertz CT molecular complexity index is 1120. The van der Waals surface area contributed by atoms with Crippen LogP contribution >= 0.6 is 0 Å². The van der Waals surface area contributed by atoms with Gasteiger partial charge in [0.25, 0.3) is 0 Å². The number of benzene rings is 2. The lowest BCUT2D eigenvalue weighted by molar-refractivity contribution is 0.154. The fourth-order valence-electron chi connectivity index (χ4n) is 3.70. The maximum absolute atomic E-state index is 14.9. The van der Waals surface area contributed by atoms with Gasteiger partial charge in [0.15, 0.2) is 0 Å². The van der Waals surface area contributed by atoms with Crippen molar-refractivity contribution in [1.29, 1.82) is 0 Å². The number of phenolic OH excluding ortho intramolecular Hbond substituents is 1. The summed E-state index contributed by atoms with van der Waals surface area (Å²) < 4.78 is 16.1. The molecule has 0 radical (unpaired) electrons. The zero-order chi connectivity index (χ0) is 20.5. The number of aromatic nitrogens is 3. The van der Waals surface area contributed by atoms with Crippen molar-refractivity contribution in [2.24, 2.45) is 5.92 Å². The van der Waals surface area contributed by atoms with E-state index in [9.17, 15) is 19.1 Å². The topological polar surface area (TPSA) is 111 Å². The third-order valence-electron chi connectivity index (χ3n) is 5.14. The summed E-state index contributed by atoms with van der Waals surface area (Å²) in [4.78, 5) is 24.7. The number of aromatic amines is 1. The van der Waals surface area contributed by atoms with E-state index in [-0.39, 0.29) is 17.4 Å². The maximum Gasteiger partial charge on any atom is 0.407 e. The standard InChI is InChI=1S/C20H19FN4O4/c21-16-10-14(13-2-1-3-15(26)9-13)4-5-17(16)25-18(22-23-19(25)27)8-12-6-7-24(11-12)20(28)29/h1-5,9-10,12,26H,6-8,11H2,(H,23,27)(H,28,29)/t12-/m0/s1. The zero-order valence-corrected chi connectivity index (χ0v) is 15.4. The van der Waals surface area contributed by atoms with Crippen LogP contribution in [0.3, 0.4) is 0 Å². The van der Waals surface area contributed by atoms with Crippen molar-refractivity contribution in [3.8, 4) is 22.6 Å². The molecule has 0 saturated carbocycles. The highest BCUT2D eigenvalue weighted by Crippen LogP contribution is 2.27. The van der Waals surface area contributed by atoms with E-state index in [1.54, 1.807) is 18.2 Å². The number of carboxylic acid groups (broad SMARTS) is 1. The summed E-state index contributed by atoms with van der Waals surface area (Å²) in [6.45, 7) is 0.789. The zero-order valence-electron chi connectivity index (χ0n) is 15.4. The number of nitrogens with one attached hydrogen (secondary N) is 1. The number of carbonyl (C=O) groups is 1. The van der Waals surface area contributed by atoms with Crippen molar-refractivity contribution >= 4 is 6.09 Å². The van der Waals surface area contributed by atoms with Crippen molar-refractivity contribution in [2.75, 3.05) is 13.1 Å². The van der Waals surface area contributed by atoms with Crippen LogP contribution < -0.4 is 5.69 Å². The number of H-pyrrole nitrogens is 1. The van der Waals surface area contributed by atoms with E-state index in [4.69, 9.17) is 5.11 Å². The lowest BCUT2D eigenvalue weighted by Gasteiger charge is -2.13. The SMILES string of the molecule is O=C(O)N1CC[C@@H](Cc2n[nH]c(=O)n2-c2ccc(-c3cccc(O)c3)cc2F)C1. The van der Waals surface area contributed by atoms with Crippen LogP contribution in [0.2, 0.25) is 0 Å². The average Bonchev–Trinajstić information content (AvgIpc) is 3.29. The Kier molecular flexibility index (Phi) is 4.79.